The fourth-order valence-corrected chi connectivity index (χ4v) is 17.7. The Balaban J connectivity index is 0.000000180. The average molecular weight is 1320 g/mol. The molecule has 12 atom stereocenters. The maximum absolute atomic E-state index is 13.9. The zero-order valence-corrected chi connectivity index (χ0v) is 57.5. The molecular weight excluding hydrogens is 1220 g/mol. The number of benzene rings is 2. The molecule has 2 aromatic rings. The van der Waals surface area contributed by atoms with Crippen LogP contribution in [0.3, 0.4) is 0 Å². The fraction of sp³-hybridized carbons (Fsp3) is 0.708. The number of carbonyl (C=O) groups excluding carboxylic acids is 5. The minimum absolute atomic E-state index is 0.00833. The van der Waals surface area contributed by atoms with Crippen LogP contribution >= 0.6 is 0 Å². The summed E-state index contributed by atoms with van der Waals surface area (Å²) >= 11 is 0. The highest BCUT2D eigenvalue weighted by atomic mass is 19.3. The molecule has 6 saturated carbocycles. The second-order valence-electron chi connectivity index (χ2n) is 31.9. The number of amides is 4. The molecule has 12 aliphatic rings. The molecule has 0 spiro atoms. The summed E-state index contributed by atoms with van der Waals surface area (Å²) in [5.74, 6) is -4.51. The summed E-state index contributed by atoms with van der Waals surface area (Å²) in [5.41, 5.74) is 0.307. The monoisotopic (exact) mass is 1320 g/mol. The maximum Gasteiger partial charge on any atom is 0.482 e. The summed E-state index contributed by atoms with van der Waals surface area (Å²) in [5, 5.41) is 6.52. The van der Waals surface area contributed by atoms with Crippen LogP contribution in [0.25, 0.3) is 9.69 Å². The molecule has 6 aliphatic heterocycles. The highest BCUT2D eigenvalue weighted by Crippen LogP contribution is 2.67. The minimum atomic E-state index is -2.77. The number of nitrogens with one attached hydrogen (secondary N) is 2. The predicted molar refractivity (Wildman–Crippen MR) is 355 cm³/mol. The molecule has 6 aliphatic carbocycles. The first-order chi connectivity index (χ1) is 44.7. The van der Waals surface area contributed by atoms with Crippen molar-refractivity contribution in [3.63, 3.8) is 0 Å². The lowest BCUT2D eigenvalue weighted by atomic mass is 9.43. The number of hydrogen-bond acceptors (Lipinski definition) is 11. The number of carbonyl (C=O) groups is 5. The molecule has 14 rings (SSSR count). The van der Waals surface area contributed by atoms with Gasteiger partial charge in [-0.15, -0.1) is 0 Å². The van der Waals surface area contributed by atoms with Crippen molar-refractivity contribution in [3.05, 3.63) is 106 Å². The van der Waals surface area contributed by atoms with E-state index in [0.717, 1.165) is 56.1 Å². The predicted octanol–water partition coefficient (Wildman–Crippen LogP) is 10.4. The van der Waals surface area contributed by atoms with Crippen molar-refractivity contribution < 1.29 is 60.2 Å². The summed E-state index contributed by atoms with van der Waals surface area (Å²) in [6.07, 6.45) is 11.4. The second-order valence-corrected chi connectivity index (χ2v) is 31.9. The van der Waals surface area contributed by atoms with Gasteiger partial charge >= 0.3 is 20.1 Å². The van der Waals surface area contributed by atoms with Crippen molar-refractivity contribution >= 4 is 44.2 Å². The molecule has 2 N–H and O–H groups in total. The number of aldehydes is 1. The van der Waals surface area contributed by atoms with E-state index in [9.17, 15) is 41.5 Å². The van der Waals surface area contributed by atoms with Gasteiger partial charge in [0.25, 0.3) is 24.3 Å². The van der Waals surface area contributed by atoms with Crippen molar-refractivity contribution in [3.8, 4) is 0 Å². The van der Waals surface area contributed by atoms with E-state index in [1.54, 1.807) is 42.4 Å². The van der Waals surface area contributed by atoms with Crippen LogP contribution in [0.4, 0.5) is 17.6 Å². The number of rotatable bonds is 18. The molecule has 0 aromatic heterocycles. The lowest BCUT2D eigenvalue weighted by Gasteiger charge is -2.64. The summed E-state index contributed by atoms with van der Waals surface area (Å²) in [6.45, 7) is 37.0. The van der Waals surface area contributed by atoms with Crippen LogP contribution in [-0.2, 0) is 55.4 Å². The van der Waals surface area contributed by atoms with E-state index in [1.165, 1.54) is 17.4 Å². The first-order valence-corrected chi connectivity index (χ1v) is 34.7. The molecule has 516 valence electrons. The Morgan fingerprint density at radius 3 is 1.47 bits per heavy atom. The Bertz CT molecular complexity index is 3220. The van der Waals surface area contributed by atoms with Gasteiger partial charge in [-0.2, -0.15) is 0 Å². The molecule has 12 fully saturated rings. The van der Waals surface area contributed by atoms with Gasteiger partial charge in [-0.1, -0.05) is 94.4 Å². The third-order valence-corrected chi connectivity index (χ3v) is 23.8. The molecule has 4 amide bonds. The molecule has 2 aromatic carbocycles. The van der Waals surface area contributed by atoms with Crippen molar-refractivity contribution in [1.29, 1.82) is 0 Å². The van der Waals surface area contributed by atoms with Crippen molar-refractivity contribution in [1.82, 2.24) is 30.2 Å². The Kier molecular flexibility index (Phi) is 21.5. The standard InChI is InChI=1S/C36H49BF2N4O4.C28H38BN3O4.C8H13F2NO/c1-33(2,43-16-14-36(38,39)23-43)21-27(40-6)32(45)42-15-10-13-25(22-42)18-31(44)41-30(17-24-11-8-7-9-12-24)37-46-29-20-26-19-28(34(26,3)4)35(29,5)47-37;1-27(2)21-15-22(27)28(3)23(16-21)35-29(36-28)24(13-19-9-6-5-7-10-19)31-25(33)14-20-11-8-12-32(18-20)26(34)17-30-4;1-7(2,6-12)11-4-3-8(9,10)5-11/h7-9,11-12,21,25-26,28-30H,10,13-20,22-23H2,1-5H3,(H,41,44);5-7,9-10,20-24H,8,11-18H2,1-3H3,(H,31,33);6H,3-5H2,1-2H3/t25-,26-,28-,29+,30-,35-;20-,21-,22-,23+,24-,28-;/m00./s1. The lowest BCUT2D eigenvalue weighted by Crippen LogP contribution is -2.65. The molecule has 23 heteroatoms. The summed E-state index contributed by atoms with van der Waals surface area (Å²) in [4.78, 5) is 76.4. The van der Waals surface area contributed by atoms with Crippen LogP contribution in [-0.4, -0.2) is 181 Å². The van der Waals surface area contributed by atoms with Gasteiger partial charge in [0.05, 0.1) is 60.5 Å². The van der Waals surface area contributed by atoms with E-state index in [4.69, 9.17) is 31.8 Å². The third-order valence-electron chi connectivity index (χ3n) is 23.8. The molecule has 0 unspecified atom stereocenters. The molecule has 17 nitrogen and oxygen atoms in total. The molecule has 0 radical (unpaired) electrons. The number of likely N-dealkylation sites (tertiary alicyclic amines) is 4. The normalized spacial score (nSPS) is 31.6. The van der Waals surface area contributed by atoms with E-state index in [0.29, 0.717) is 81.9 Å². The largest absolute Gasteiger partial charge is 0.482 e. The minimum Gasteiger partial charge on any atom is -0.404 e. The van der Waals surface area contributed by atoms with Gasteiger partial charge in [0.2, 0.25) is 17.5 Å². The average Bonchev–Trinajstić information content (AvgIpc) is 1.66. The van der Waals surface area contributed by atoms with Crippen LogP contribution < -0.4 is 10.6 Å². The molecule has 6 heterocycles. The Morgan fingerprint density at radius 1 is 0.642 bits per heavy atom. The van der Waals surface area contributed by atoms with Crippen LogP contribution in [0.5, 0.6) is 0 Å². The van der Waals surface area contributed by atoms with Crippen molar-refractivity contribution in [2.24, 2.45) is 46.3 Å². The van der Waals surface area contributed by atoms with Crippen molar-refractivity contribution in [2.45, 2.75) is 217 Å². The van der Waals surface area contributed by atoms with Gasteiger partial charge in [0.15, 0.2) is 0 Å². The van der Waals surface area contributed by atoms with E-state index >= 15 is 0 Å². The van der Waals surface area contributed by atoms with Crippen LogP contribution in [0.15, 0.2) is 72.4 Å². The topological polar surface area (TPSA) is 168 Å². The van der Waals surface area contributed by atoms with Gasteiger partial charge in [-0.05, 0) is 163 Å². The highest BCUT2D eigenvalue weighted by molar-refractivity contribution is 6.48. The molecular formula is C72H100B2F4N8O9. The van der Waals surface area contributed by atoms with Gasteiger partial charge < -0.3 is 48.7 Å². The van der Waals surface area contributed by atoms with Gasteiger partial charge in [-0.3, -0.25) is 29.0 Å². The van der Waals surface area contributed by atoms with Gasteiger partial charge in [0, 0.05) is 70.5 Å². The second kappa shape index (κ2) is 28.3. The first-order valence-electron chi connectivity index (χ1n) is 34.7. The van der Waals surface area contributed by atoms with Crippen molar-refractivity contribution in [2.75, 3.05) is 58.9 Å². The lowest BCUT2D eigenvalue weighted by molar-refractivity contribution is -0.199. The Morgan fingerprint density at radius 2 is 1.07 bits per heavy atom. The third kappa shape index (κ3) is 15.9. The summed E-state index contributed by atoms with van der Waals surface area (Å²) < 4.78 is 79.8. The fourth-order valence-electron chi connectivity index (χ4n) is 17.7. The van der Waals surface area contributed by atoms with Crippen LogP contribution in [0.1, 0.15) is 157 Å². The quantitative estimate of drug-likeness (QED) is 0.0479. The van der Waals surface area contributed by atoms with E-state index in [1.807, 2.05) is 48.5 Å². The highest BCUT2D eigenvalue weighted by Gasteiger charge is 2.70. The maximum atomic E-state index is 13.9. The van der Waals surface area contributed by atoms with Crippen LogP contribution in [0.2, 0.25) is 0 Å². The van der Waals surface area contributed by atoms with Gasteiger partial charge in [-0.25, -0.2) is 29.0 Å². The number of nitrogens with zero attached hydrogens (tertiary/aromatic N) is 6. The van der Waals surface area contributed by atoms with Crippen LogP contribution in [0, 0.1) is 59.5 Å². The van der Waals surface area contributed by atoms with Gasteiger partial charge in [0.1, 0.15) is 6.29 Å². The summed E-state index contributed by atoms with van der Waals surface area (Å²) in [6, 6.07) is 20.2. The smallest absolute Gasteiger partial charge is 0.404 e. The molecule has 4 bridgehead atoms. The number of alkyl halides is 4. The zero-order chi connectivity index (χ0) is 68.7. The number of piperidine rings is 2. The van der Waals surface area contributed by atoms with E-state index in [2.05, 4.69) is 74.0 Å². The summed E-state index contributed by atoms with van der Waals surface area (Å²) in [7, 11) is -1.04. The Labute approximate surface area is 561 Å². The molecule has 6 saturated heterocycles. The van der Waals surface area contributed by atoms with E-state index in [-0.39, 0.29) is 120 Å². The number of halogens is 4. The number of hydrogen-bond donors (Lipinski definition) is 2. The Hall–Kier alpha value is -5.68. The van der Waals surface area contributed by atoms with E-state index < -0.39 is 49.6 Å². The first kappa shape index (κ1) is 72.1. The zero-order valence-electron chi connectivity index (χ0n) is 57.5. The SMILES string of the molecule is CC(C)(C=O)N1CCC(F)(F)C1.[C-]#[N+]C(=CC(C)(C)N1CCC(F)(F)C1)C(=O)N1CCC[C@@H](CC(=O)N[C@@H](Cc2ccccc2)B2O[C@@H]3C[C@@H]4C[C@@H](C4(C)C)[C@]3(C)O2)C1.[C-]#[N+]CC(=O)N1CCC[C@@H](CC(=O)N[C@@H](Cc2ccccc2)B2O[C@@H]3C[C@@H]4C[C@@H](C4(C)C)[C@]3(C)O2)C1. The molecule has 95 heavy (non-hydrogen) atoms.